The van der Waals surface area contributed by atoms with Crippen LogP contribution in [0.15, 0.2) is 0 Å². The van der Waals surface area contributed by atoms with Gasteiger partial charge in [0, 0.05) is 0 Å². The summed E-state index contributed by atoms with van der Waals surface area (Å²) < 4.78 is 0. The van der Waals surface area contributed by atoms with E-state index in [1.165, 1.54) is 32.1 Å². The zero-order chi connectivity index (χ0) is 8.69. The lowest BCUT2D eigenvalue weighted by molar-refractivity contribution is 0.233. The molecule has 0 heteroatoms. The van der Waals surface area contributed by atoms with E-state index in [9.17, 15) is 0 Å². The third-order valence-corrected chi connectivity index (χ3v) is 2.32. The Morgan fingerprint density at radius 3 is 1.27 bits per heavy atom. The molecule has 68 valence electrons. The van der Waals surface area contributed by atoms with Gasteiger partial charge in [0.2, 0.25) is 0 Å². The average molecular weight is 156 g/mol. The van der Waals surface area contributed by atoms with Gasteiger partial charge in [-0.05, 0) is 24.7 Å². The van der Waals surface area contributed by atoms with Crippen molar-refractivity contribution >= 4 is 0 Å². The first-order valence-corrected chi connectivity index (χ1v) is 5.20. The third kappa shape index (κ3) is 6.40. The molecule has 0 atom stereocenters. The molecule has 0 aromatic heterocycles. The van der Waals surface area contributed by atoms with Gasteiger partial charge in [0.05, 0.1) is 0 Å². The van der Waals surface area contributed by atoms with Crippen molar-refractivity contribution in [2.45, 2.75) is 59.8 Å². The first-order chi connectivity index (χ1) is 5.20. The molecule has 0 radical (unpaired) electrons. The van der Waals surface area contributed by atoms with E-state index in [4.69, 9.17) is 0 Å². The highest BCUT2D eigenvalue weighted by Crippen LogP contribution is 2.31. The maximum Gasteiger partial charge on any atom is -0.0438 e. The quantitative estimate of drug-likeness (QED) is 0.560. The summed E-state index contributed by atoms with van der Waals surface area (Å²) in [4.78, 5) is 0. The Hall–Kier alpha value is 0. The molecule has 0 bridgehead atoms. The van der Waals surface area contributed by atoms with E-state index in [-0.39, 0.29) is 0 Å². The van der Waals surface area contributed by atoms with Crippen LogP contribution in [0.5, 0.6) is 0 Å². The van der Waals surface area contributed by atoms with Gasteiger partial charge >= 0.3 is 0 Å². The van der Waals surface area contributed by atoms with E-state index in [1.807, 2.05) is 0 Å². The largest absolute Gasteiger partial charge is 0.0654 e. The standard InChI is InChI=1S/C6H12.C5H12/c1-5-3-6(2)4-5;1-3-5-4-2/h5-6H,3-4H2,1-2H3;3-5H2,1-2H3. The molecular formula is C11H24. The predicted molar refractivity (Wildman–Crippen MR) is 52.8 cm³/mol. The minimum atomic E-state index is 1.04. The molecule has 1 fully saturated rings. The lowest BCUT2D eigenvalue weighted by atomic mass is 9.78. The Morgan fingerprint density at radius 1 is 0.909 bits per heavy atom. The minimum absolute atomic E-state index is 1.04. The summed E-state index contributed by atoms with van der Waals surface area (Å²) in [5.74, 6) is 2.08. The van der Waals surface area contributed by atoms with E-state index in [1.54, 1.807) is 0 Å². The minimum Gasteiger partial charge on any atom is -0.0654 e. The fraction of sp³-hybridized carbons (Fsp3) is 1.00. The molecule has 0 amide bonds. The van der Waals surface area contributed by atoms with Crippen LogP contribution >= 0.6 is 0 Å². The molecule has 0 spiro atoms. The van der Waals surface area contributed by atoms with E-state index < -0.39 is 0 Å². The van der Waals surface area contributed by atoms with Gasteiger partial charge in [-0.25, -0.2) is 0 Å². The van der Waals surface area contributed by atoms with E-state index in [2.05, 4.69) is 27.7 Å². The van der Waals surface area contributed by atoms with Crippen molar-refractivity contribution in [1.29, 1.82) is 0 Å². The molecule has 0 saturated heterocycles. The van der Waals surface area contributed by atoms with Gasteiger partial charge in [0.1, 0.15) is 0 Å². The Bertz CT molecular complexity index is 62.1. The van der Waals surface area contributed by atoms with Crippen molar-refractivity contribution in [2.75, 3.05) is 0 Å². The molecular weight excluding hydrogens is 132 g/mol. The molecule has 0 aromatic rings. The van der Waals surface area contributed by atoms with Crippen LogP contribution in [0.1, 0.15) is 59.8 Å². The van der Waals surface area contributed by atoms with Crippen molar-refractivity contribution < 1.29 is 0 Å². The van der Waals surface area contributed by atoms with Crippen molar-refractivity contribution in [3.05, 3.63) is 0 Å². The molecule has 1 saturated carbocycles. The molecule has 0 aromatic carbocycles. The highest BCUT2D eigenvalue weighted by atomic mass is 14.2. The molecule has 11 heavy (non-hydrogen) atoms. The number of hydrogen-bond donors (Lipinski definition) is 0. The molecule has 1 rings (SSSR count). The maximum atomic E-state index is 2.32. The van der Waals surface area contributed by atoms with Crippen LogP contribution in [0.3, 0.4) is 0 Å². The normalized spacial score (nSPS) is 28.4. The zero-order valence-electron chi connectivity index (χ0n) is 8.69. The van der Waals surface area contributed by atoms with Gasteiger partial charge < -0.3 is 0 Å². The topological polar surface area (TPSA) is 0 Å². The number of unbranched alkanes of at least 4 members (excludes halogenated alkanes) is 2. The lowest BCUT2D eigenvalue weighted by Gasteiger charge is -2.28. The zero-order valence-corrected chi connectivity index (χ0v) is 8.69. The summed E-state index contributed by atoms with van der Waals surface area (Å²) >= 11 is 0. The fourth-order valence-electron chi connectivity index (χ4n) is 1.66. The molecule has 1 aliphatic carbocycles. The maximum absolute atomic E-state index is 2.32. The molecule has 0 heterocycles. The molecule has 0 unspecified atom stereocenters. The van der Waals surface area contributed by atoms with Crippen molar-refractivity contribution in [3.8, 4) is 0 Å². The van der Waals surface area contributed by atoms with Gasteiger partial charge in [-0.15, -0.1) is 0 Å². The third-order valence-electron chi connectivity index (χ3n) is 2.32. The summed E-state index contributed by atoms with van der Waals surface area (Å²) in [5.41, 5.74) is 0. The average Bonchev–Trinajstić information content (AvgIpc) is 1.88. The van der Waals surface area contributed by atoms with Crippen LogP contribution in [0.25, 0.3) is 0 Å². The fourth-order valence-corrected chi connectivity index (χ4v) is 1.66. The van der Waals surface area contributed by atoms with Crippen LogP contribution in [0.2, 0.25) is 0 Å². The lowest BCUT2D eigenvalue weighted by Crippen LogP contribution is -2.16. The molecule has 0 nitrogen and oxygen atoms in total. The van der Waals surface area contributed by atoms with Crippen molar-refractivity contribution in [2.24, 2.45) is 11.8 Å². The van der Waals surface area contributed by atoms with Crippen LogP contribution in [-0.4, -0.2) is 0 Å². The second-order valence-electron chi connectivity index (χ2n) is 4.04. The number of hydrogen-bond acceptors (Lipinski definition) is 0. The van der Waals surface area contributed by atoms with Gasteiger partial charge in [-0.3, -0.25) is 0 Å². The van der Waals surface area contributed by atoms with Gasteiger partial charge in [-0.2, -0.15) is 0 Å². The first kappa shape index (κ1) is 11.0. The van der Waals surface area contributed by atoms with E-state index in [0.717, 1.165) is 11.8 Å². The highest BCUT2D eigenvalue weighted by Gasteiger charge is 2.19. The second kappa shape index (κ2) is 6.69. The smallest absolute Gasteiger partial charge is 0.0438 e. The van der Waals surface area contributed by atoms with E-state index >= 15 is 0 Å². The van der Waals surface area contributed by atoms with Crippen LogP contribution < -0.4 is 0 Å². The summed E-state index contributed by atoms with van der Waals surface area (Å²) in [5, 5.41) is 0. The SMILES string of the molecule is CC1CC(C)C1.CCCCC. The van der Waals surface area contributed by atoms with Crippen LogP contribution in [0.4, 0.5) is 0 Å². The van der Waals surface area contributed by atoms with Crippen LogP contribution in [0, 0.1) is 11.8 Å². The van der Waals surface area contributed by atoms with Gasteiger partial charge in [-0.1, -0.05) is 47.0 Å². The second-order valence-corrected chi connectivity index (χ2v) is 4.04. The van der Waals surface area contributed by atoms with Gasteiger partial charge in [0.15, 0.2) is 0 Å². The Labute approximate surface area is 72.4 Å². The molecule has 0 N–H and O–H groups in total. The monoisotopic (exact) mass is 156 g/mol. The van der Waals surface area contributed by atoms with Crippen molar-refractivity contribution in [1.82, 2.24) is 0 Å². The van der Waals surface area contributed by atoms with Gasteiger partial charge in [0.25, 0.3) is 0 Å². The number of rotatable bonds is 2. The highest BCUT2D eigenvalue weighted by molar-refractivity contribution is 4.71. The Kier molecular flexibility index (Phi) is 6.69. The molecule has 0 aliphatic heterocycles. The molecule has 1 aliphatic rings. The predicted octanol–water partition coefficient (Wildman–Crippen LogP) is 4.25. The van der Waals surface area contributed by atoms with Crippen molar-refractivity contribution in [3.63, 3.8) is 0 Å². The summed E-state index contributed by atoms with van der Waals surface area (Å²) in [7, 11) is 0. The van der Waals surface area contributed by atoms with E-state index in [0.29, 0.717) is 0 Å². The Balaban J connectivity index is 0.000000187. The Morgan fingerprint density at radius 2 is 1.27 bits per heavy atom. The van der Waals surface area contributed by atoms with Crippen LogP contribution in [-0.2, 0) is 0 Å². The first-order valence-electron chi connectivity index (χ1n) is 5.20. The summed E-state index contributed by atoms with van der Waals surface area (Å²) in [6.07, 6.45) is 7.02. The summed E-state index contributed by atoms with van der Waals surface area (Å²) in [6.45, 7) is 9.06. The summed E-state index contributed by atoms with van der Waals surface area (Å²) in [6, 6.07) is 0.